The maximum absolute atomic E-state index is 5.19. The lowest BCUT2D eigenvalue weighted by Crippen LogP contribution is -1.93. The molecule has 0 heterocycles. The van der Waals surface area contributed by atoms with E-state index < -0.39 is 0 Å². The highest BCUT2D eigenvalue weighted by molar-refractivity contribution is 5.16. The Bertz CT molecular complexity index is 216. The summed E-state index contributed by atoms with van der Waals surface area (Å²) in [6.07, 6.45) is 1.58. The maximum atomic E-state index is 5.19. The van der Waals surface area contributed by atoms with Crippen LogP contribution in [0.5, 0.6) is 0 Å². The molecule has 0 radical (unpaired) electrons. The van der Waals surface area contributed by atoms with Crippen LogP contribution in [0.2, 0.25) is 0 Å². The summed E-state index contributed by atoms with van der Waals surface area (Å²) in [5.74, 6) is 0. The highest BCUT2D eigenvalue weighted by Crippen LogP contribution is 2.15. The van der Waals surface area contributed by atoms with E-state index >= 15 is 0 Å². The Morgan fingerprint density at radius 2 is 2.00 bits per heavy atom. The zero-order valence-electron chi connectivity index (χ0n) is 6.66. The quantitative estimate of drug-likeness (QED) is 0.599. The Kier molecular flexibility index (Phi) is 2.73. The van der Waals surface area contributed by atoms with Crippen LogP contribution in [-0.4, -0.2) is 0 Å². The van der Waals surface area contributed by atoms with Gasteiger partial charge in [0.2, 0.25) is 0 Å². The van der Waals surface area contributed by atoms with Gasteiger partial charge in [-0.25, -0.2) is 0 Å². The lowest BCUT2D eigenvalue weighted by molar-refractivity contribution is 0.165. The average molecular weight is 148 g/mol. The second-order valence-corrected chi connectivity index (χ2v) is 2.36. The molecule has 0 N–H and O–H groups in total. The van der Waals surface area contributed by atoms with Crippen molar-refractivity contribution in [3.8, 4) is 0 Å². The fraction of sp³-hybridized carbons (Fsp3) is 0.200. The third-order valence-corrected chi connectivity index (χ3v) is 1.57. The van der Waals surface area contributed by atoms with E-state index in [9.17, 15) is 0 Å². The molecule has 0 unspecified atom stereocenters. The largest absolute Gasteiger partial charge is 0.494 e. The van der Waals surface area contributed by atoms with Gasteiger partial charge in [-0.05, 0) is 12.5 Å². The molecule has 0 aliphatic rings. The SMILES string of the molecule is C=CO[C@H](C)c1ccccc1. The molecule has 1 heteroatoms. The van der Waals surface area contributed by atoms with E-state index in [1.807, 2.05) is 37.3 Å². The van der Waals surface area contributed by atoms with E-state index in [0.29, 0.717) is 0 Å². The van der Waals surface area contributed by atoms with Crippen molar-refractivity contribution in [1.82, 2.24) is 0 Å². The topological polar surface area (TPSA) is 9.23 Å². The Morgan fingerprint density at radius 1 is 1.36 bits per heavy atom. The van der Waals surface area contributed by atoms with Crippen LogP contribution in [0.1, 0.15) is 18.6 Å². The van der Waals surface area contributed by atoms with Gasteiger partial charge in [0.05, 0.1) is 6.26 Å². The van der Waals surface area contributed by atoms with Crippen molar-refractivity contribution in [3.63, 3.8) is 0 Å². The molecular weight excluding hydrogens is 136 g/mol. The minimum atomic E-state index is 0.105. The number of ether oxygens (including phenoxy) is 1. The minimum absolute atomic E-state index is 0.105. The first-order valence-electron chi connectivity index (χ1n) is 3.66. The van der Waals surface area contributed by atoms with Crippen LogP contribution in [-0.2, 0) is 4.74 Å². The molecule has 11 heavy (non-hydrogen) atoms. The molecule has 1 rings (SSSR count). The van der Waals surface area contributed by atoms with Crippen molar-refractivity contribution < 1.29 is 4.74 Å². The predicted molar refractivity (Wildman–Crippen MR) is 46.1 cm³/mol. The third kappa shape index (κ3) is 2.11. The minimum Gasteiger partial charge on any atom is -0.494 e. The molecule has 1 aromatic carbocycles. The summed E-state index contributed by atoms with van der Waals surface area (Å²) in [6, 6.07) is 10.1. The van der Waals surface area contributed by atoms with Gasteiger partial charge in [-0.2, -0.15) is 0 Å². The zero-order chi connectivity index (χ0) is 8.10. The van der Waals surface area contributed by atoms with E-state index in [2.05, 4.69) is 6.58 Å². The average Bonchev–Trinajstić information content (AvgIpc) is 2.07. The number of hydrogen-bond donors (Lipinski definition) is 0. The molecule has 0 aliphatic carbocycles. The Labute approximate surface area is 67.3 Å². The number of benzene rings is 1. The van der Waals surface area contributed by atoms with Gasteiger partial charge in [-0.15, -0.1) is 0 Å². The summed E-state index contributed by atoms with van der Waals surface area (Å²) in [4.78, 5) is 0. The van der Waals surface area contributed by atoms with E-state index in [0.717, 1.165) is 0 Å². The van der Waals surface area contributed by atoms with Gasteiger partial charge in [0.15, 0.2) is 0 Å². The van der Waals surface area contributed by atoms with Crippen LogP contribution in [0, 0.1) is 0 Å². The summed E-state index contributed by atoms with van der Waals surface area (Å²) >= 11 is 0. The van der Waals surface area contributed by atoms with E-state index in [4.69, 9.17) is 4.74 Å². The highest BCUT2D eigenvalue weighted by Gasteiger charge is 2.00. The van der Waals surface area contributed by atoms with Crippen molar-refractivity contribution in [3.05, 3.63) is 48.7 Å². The van der Waals surface area contributed by atoms with Crippen molar-refractivity contribution in [1.29, 1.82) is 0 Å². The lowest BCUT2D eigenvalue weighted by Gasteiger charge is -2.10. The molecular formula is C10H12O. The molecule has 58 valence electrons. The van der Waals surface area contributed by atoms with Gasteiger partial charge >= 0.3 is 0 Å². The van der Waals surface area contributed by atoms with E-state index in [1.54, 1.807) is 0 Å². The fourth-order valence-electron chi connectivity index (χ4n) is 0.947. The van der Waals surface area contributed by atoms with E-state index in [1.165, 1.54) is 11.8 Å². The van der Waals surface area contributed by atoms with Crippen molar-refractivity contribution in [2.75, 3.05) is 0 Å². The van der Waals surface area contributed by atoms with Gasteiger partial charge in [0, 0.05) is 0 Å². The monoisotopic (exact) mass is 148 g/mol. The second kappa shape index (κ2) is 3.81. The Hall–Kier alpha value is -1.24. The lowest BCUT2D eigenvalue weighted by atomic mass is 10.1. The summed E-state index contributed by atoms with van der Waals surface area (Å²) in [5.41, 5.74) is 1.17. The maximum Gasteiger partial charge on any atom is 0.120 e. The molecule has 0 fully saturated rings. The van der Waals surface area contributed by atoms with Crippen LogP contribution < -0.4 is 0 Å². The molecule has 0 bridgehead atoms. The first-order valence-corrected chi connectivity index (χ1v) is 3.66. The predicted octanol–water partition coefficient (Wildman–Crippen LogP) is 2.91. The van der Waals surface area contributed by atoms with Crippen LogP contribution in [0.3, 0.4) is 0 Å². The number of hydrogen-bond acceptors (Lipinski definition) is 1. The zero-order valence-corrected chi connectivity index (χ0v) is 6.66. The van der Waals surface area contributed by atoms with Crippen molar-refractivity contribution >= 4 is 0 Å². The molecule has 0 spiro atoms. The van der Waals surface area contributed by atoms with Gasteiger partial charge in [-0.3, -0.25) is 0 Å². The third-order valence-electron chi connectivity index (χ3n) is 1.57. The Morgan fingerprint density at radius 3 is 2.55 bits per heavy atom. The first kappa shape index (κ1) is 7.86. The molecule has 1 atom stereocenters. The van der Waals surface area contributed by atoms with Crippen molar-refractivity contribution in [2.45, 2.75) is 13.0 Å². The fourth-order valence-corrected chi connectivity index (χ4v) is 0.947. The van der Waals surface area contributed by atoms with Crippen LogP contribution in [0.4, 0.5) is 0 Å². The van der Waals surface area contributed by atoms with Crippen LogP contribution in [0.15, 0.2) is 43.2 Å². The first-order chi connectivity index (χ1) is 5.34. The van der Waals surface area contributed by atoms with Crippen LogP contribution >= 0.6 is 0 Å². The van der Waals surface area contributed by atoms with Gasteiger partial charge < -0.3 is 4.74 Å². The summed E-state index contributed by atoms with van der Waals surface area (Å²) in [6.45, 7) is 5.50. The normalized spacial score (nSPS) is 12.1. The van der Waals surface area contributed by atoms with Gasteiger partial charge in [0.1, 0.15) is 6.10 Å². The molecule has 0 saturated heterocycles. The molecule has 1 nitrogen and oxygen atoms in total. The molecule has 0 aromatic heterocycles. The standard InChI is InChI=1S/C10H12O/c1-3-11-9(2)10-7-5-4-6-8-10/h3-9H,1H2,2H3/t9-/m1/s1. The summed E-state index contributed by atoms with van der Waals surface area (Å²) in [5, 5.41) is 0. The van der Waals surface area contributed by atoms with Gasteiger partial charge in [-0.1, -0.05) is 36.9 Å². The van der Waals surface area contributed by atoms with Crippen LogP contribution in [0.25, 0.3) is 0 Å². The summed E-state index contributed by atoms with van der Waals surface area (Å²) in [7, 11) is 0. The molecule has 0 amide bonds. The molecule has 0 aliphatic heterocycles. The summed E-state index contributed by atoms with van der Waals surface area (Å²) < 4.78 is 5.19. The van der Waals surface area contributed by atoms with Gasteiger partial charge in [0.25, 0.3) is 0 Å². The smallest absolute Gasteiger partial charge is 0.120 e. The van der Waals surface area contributed by atoms with Crippen molar-refractivity contribution in [2.24, 2.45) is 0 Å². The van der Waals surface area contributed by atoms with E-state index in [-0.39, 0.29) is 6.10 Å². The molecule has 1 aromatic rings. The second-order valence-electron chi connectivity index (χ2n) is 2.36. The Balaban J connectivity index is 2.68. The molecule has 0 saturated carbocycles. The highest BCUT2D eigenvalue weighted by atomic mass is 16.5. The number of rotatable bonds is 3.